The lowest BCUT2D eigenvalue weighted by molar-refractivity contribution is 0.0466. The molecular formula is C16H17N7O2S. The Hall–Kier alpha value is -3.14. The van der Waals surface area contributed by atoms with E-state index in [4.69, 9.17) is 10.5 Å². The summed E-state index contributed by atoms with van der Waals surface area (Å²) in [7, 11) is 0. The summed E-state index contributed by atoms with van der Waals surface area (Å²) in [5, 5.41) is 6.93. The third-order valence-electron chi connectivity index (χ3n) is 3.42. The largest absolute Gasteiger partial charge is 0.453 e. The highest BCUT2D eigenvalue weighted by molar-refractivity contribution is 7.07. The zero-order valence-corrected chi connectivity index (χ0v) is 15.1. The highest BCUT2D eigenvalue weighted by atomic mass is 32.1. The van der Waals surface area contributed by atoms with Crippen LogP contribution in [0.1, 0.15) is 33.7 Å². The van der Waals surface area contributed by atoms with Gasteiger partial charge in [0.25, 0.3) is 0 Å². The normalized spacial score (nSPS) is 10.5. The Morgan fingerprint density at radius 2 is 2.00 bits per heavy atom. The van der Waals surface area contributed by atoms with E-state index in [2.05, 4.69) is 29.9 Å². The number of rotatable bonds is 6. The monoisotopic (exact) mass is 371 g/mol. The van der Waals surface area contributed by atoms with Gasteiger partial charge in [0.15, 0.2) is 17.3 Å². The molecule has 9 nitrogen and oxygen atoms in total. The van der Waals surface area contributed by atoms with Crippen LogP contribution in [-0.2, 0) is 17.8 Å². The van der Waals surface area contributed by atoms with Crippen molar-refractivity contribution in [3.63, 3.8) is 0 Å². The second kappa shape index (κ2) is 7.83. The van der Waals surface area contributed by atoms with Crippen LogP contribution in [0.2, 0.25) is 0 Å². The number of aryl methyl sites for hydroxylation is 2. The van der Waals surface area contributed by atoms with Gasteiger partial charge in [-0.15, -0.1) is 5.10 Å². The summed E-state index contributed by atoms with van der Waals surface area (Å²) in [6, 6.07) is 7.73. The molecule has 0 amide bonds. The van der Waals surface area contributed by atoms with E-state index in [9.17, 15) is 4.79 Å². The number of carbonyl (C=O) groups is 1. The number of ether oxygens (including phenoxy) is 1. The lowest BCUT2D eigenvalue weighted by Gasteiger charge is -2.08. The standard InChI is InChI=1S/C16H17N7O2S/c1-3-11-13(26-23-22-11)14(24)25-8-12-19-15(17)21-16(20-12)18-10-6-4-9(2)5-7-10/h4-7H,3,8H2,1-2H3,(H3,17,18,19,20,21). The number of nitrogens with two attached hydrogens (primary N) is 1. The minimum absolute atomic E-state index is 0.0364. The van der Waals surface area contributed by atoms with Crippen LogP contribution in [0.15, 0.2) is 24.3 Å². The number of esters is 1. The van der Waals surface area contributed by atoms with Crippen molar-refractivity contribution in [2.24, 2.45) is 0 Å². The number of nitrogen functional groups attached to an aromatic ring is 1. The van der Waals surface area contributed by atoms with Gasteiger partial charge in [-0.3, -0.25) is 0 Å². The maximum Gasteiger partial charge on any atom is 0.352 e. The molecule has 26 heavy (non-hydrogen) atoms. The fraction of sp³-hybridized carbons (Fsp3) is 0.250. The van der Waals surface area contributed by atoms with E-state index in [0.29, 0.717) is 17.0 Å². The van der Waals surface area contributed by atoms with Gasteiger partial charge in [-0.05, 0) is 37.0 Å². The molecule has 2 heterocycles. The predicted molar refractivity (Wildman–Crippen MR) is 97.1 cm³/mol. The molecule has 3 N–H and O–H groups in total. The average Bonchev–Trinajstić information content (AvgIpc) is 3.10. The maximum absolute atomic E-state index is 12.1. The van der Waals surface area contributed by atoms with Gasteiger partial charge in [0.2, 0.25) is 11.9 Å². The molecule has 0 saturated heterocycles. The summed E-state index contributed by atoms with van der Waals surface area (Å²) in [4.78, 5) is 24.8. The summed E-state index contributed by atoms with van der Waals surface area (Å²) in [6.45, 7) is 3.76. The smallest absolute Gasteiger partial charge is 0.352 e. The van der Waals surface area contributed by atoms with Crippen molar-refractivity contribution in [3.8, 4) is 0 Å². The van der Waals surface area contributed by atoms with Crippen molar-refractivity contribution in [1.82, 2.24) is 24.5 Å². The minimum Gasteiger partial charge on any atom is -0.453 e. The van der Waals surface area contributed by atoms with Gasteiger partial charge in [0, 0.05) is 5.69 Å². The summed E-state index contributed by atoms with van der Waals surface area (Å²) < 4.78 is 9.02. The molecule has 134 valence electrons. The average molecular weight is 371 g/mol. The van der Waals surface area contributed by atoms with E-state index in [1.807, 2.05) is 38.1 Å². The van der Waals surface area contributed by atoms with Crippen LogP contribution in [0.4, 0.5) is 17.6 Å². The van der Waals surface area contributed by atoms with Gasteiger partial charge in [-0.25, -0.2) is 4.79 Å². The highest BCUT2D eigenvalue weighted by Gasteiger charge is 2.17. The summed E-state index contributed by atoms with van der Waals surface area (Å²) >= 11 is 1.00. The first-order chi connectivity index (χ1) is 12.5. The Labute approximate surface area is 153 Å². The van der Waals surface area contributed by atoms with Crippen molar-refractivity contribution in [3.05, 3.63) is 46.2 Å². The Balaban J connectivity index is 1.69. The van der Waals surface area contributed by atoms with Crippen molar-refractivity contribution in [1.29, 1.82) is 0 Å². The molecule has 1 aromatic carbocycles. The van der Waals surface area contributed by atoms with Gasteiger partial charge in [0.1, 0.15) is 0 Å². The van der Waals surface area contributed by atoms with Crippen LogP contribution in [0.3, 0.4) is 0 Å². The topological polar surface area (TPSA) is 129 Å². The van der Waals surface area contributed by atoms with Gasteiger partial charge in [-0.2, -0.15) is 15.0 Å². The second-order valence-electron chi connectivity index (χ2n) is 5.40. The minimum atomic E-state index is -0.510. The Kier molecular flexibility index (Phi) is 5.32. The Morgan fingerprint density at radius 1 is 1.23 bits per heavy atom. The van der Waals surface area contributed by atoms with Gasteiger partial charge >= 0.3 is 5.97 Å². The van der Waals surface area contributed by atoms with Crippen molar-refractivity contribution in [2.45, 2.75) is 26.9 Å². The molecule has 0 spiro atoms. The predicted octanol–water partition coefficient (Wildman–Crippen LogP) is 2.28. The number of nitrogens with zero attached hydrogens (tertiary/aromatic N) is 5. The molecule has 2 aromatic heterocycles. The summed E-state index contributed by atoms with van der Waals surface area (Å²) in [6.07, 6.45) is 0.601. The molecular weight excluding hydrogens is 354 g/mol. The molecule has 0 radical (unpaired) electrons. The number of benzene rings is 1. The number of carbonyl (C=O) groups excluding carboxylic acids is 1. The van der Waals surface area contributed by atoms with Gasteiger partial charge in [0.05, 0.1) is 5.69 Å². The third kappa shape index (κ3) is 4.28. The van der Waals surface area contributed by atoms with Crippen molar-refractivity contribution < 1.29 is 9.53 Å². The van der Waals surface area contributed by atoms with Crippen molar-refractivity contribution >= 4 is 35.1 Å². The molecule has 10 heteroatoms. The van der Waals surface area contributed by atoms with Crippen LogP contribution in [-0.4, -0.2) is 30.5 Å². The van der Waals surface area contributed by atoms with Crippen LogP contribution >= 0.6 is 11.5 Å². The second-order valence-corrected chi connectivity index (χ2v) is 6.16. The first-order valence-corrected chi connectivity index (χ1v) is 8.65. The lowest BCUT2D eigenvalue weighted by Crippen LogP contribution is -2.11. The van der Waals surface area contributed by atoms with E-state index in [1.54, 1.807) is 0 Å². The quantitative estimate of drug-likeness (QED) is 0.627. The molecule has 3 rings (SSSR count). The van der Waals surface area contributed by atoms with Gasteiger partial charge < -0.3 is 15.8 Å². The molecule has 3 aromatic rings. The fourth-order valence-corrected chi connectivity index (χ4v) is 2.76. The SMILES string of the molecule is CCc1nnsc1C(=O)OCc1nc(N)nc(Nc2ccc(C)cc2)n1. The van der Waals surface area contributed by atoms with E-state index >= 15 is 0 Å². The summed E-state index contributed by atoms with van der Waals surface area (Å²) in [5.74, 6) is 0.0512. The molecule has 0 aliphatic carbocycles. The van der Waals surface area contributed by atoms with E-state index < -0.39 is 5.97 Å². The summed E-state index contributed by atoms with van der Waals surface area (Å²) in [5.41, 5.74) is 8.28. The first-order valence-electron chi connectivity index (χ1n) is 7.87. The van der Waals surface area contributed by atoms with E-state index in [0.717, 1.165) is 22.8 Å². The van der Waals surface area contributed by atoms with E-state index in [-0.39, 0.29) is 24.3 Å². The zero-order chi connectivity index (χ0) is 18.5. The van der Waals surface area contributed by atoms with Crippen molar-refractivity contribution in [2.75, 3.05) is 11.1 Å². The van der Waals surface area contributed by atoms with E-state index in [1.165, 1.54) is 0 Å². The molecule has 0 aliphatic rings. The molecule has 0 unspecified atom stereocenters. The number of hydrogen-bond donors (Lipinski definition) is 2. The van der Waals surface area contributed by atoms with Crippen LogP contribution in [0, 0.1) is 6.92 Å². The van der Waals surface area contributed by atoms with Crippen LogP contribution in [0.5, 0.6) is 0 Å². The molecule has 0 fully saturated rings. The first kappa shape index (κ1) is 17.7. The molecule has 0 atom stereocenters. The maximum atomic E-state index is 12.1. The molecule has 0 bridgehead atoms. The van der Waals surface area contributed by atoms with Gasteiger partial charge in [-0.1, -0.05) is 29.1 Å². The Morgan fingerprint density at radius 3 is 2.73 bits per heavy atom. The Bertz CT molecular complexity index is 911. The van der Waals surface area contributed by atoms with Crippen LogP contribution in [0.25, 0.3) is 0 Å². The third-order valence-corrected chi connectivity index (χ3v) is 4.16. The zero-order valence-electron chi connectivity index (χ0n) is 14.3. The number of anilines is 3. The molecule has 0 aliphatic heterocycles. The number of nitrogens with one attached hydrogen (secondary N) is 1. The highest BCUT2D eigenvalue weighted by Crippen LogP contribution is 2.16. The van der Waals surface area contributed by atoms with Crippen LogP contribution < -0.4 is 11.1 Å². The lowest BCUT2D eigenvalue weighted by atomic mass is 10.2. The molecule has 0 saturated carbocycles. The fourth-order valence-electron chi connectivity index (χ4n) is 2.12. The number of hydrogen-bond acceptors (Lipinski definition) is 10. The number of aromatic nitrogens is 5.